The third-order valence-corrected chi connectivity index (χ3v) is 3.25. The number of nitrogens with one attached hydrogen (secondary N) is 1. The highest BCUT2D eigenvalue weighted by Crippen LogP contribution is 2.36. The molecule has 0 aliphatic carbocycles. The predicted molar refractivity (Wildman–Crippen MR) is 68.7 cm³/mol. The van der Waals surface area contributed by atoms with Gasteiger partial charge in [-0.15, -0.1) is 0 Å². The summed E-state index contributed by atoms with van der Waals surface area (Å²) in [5.74, 6) is -0.558. The number of rotatable bonds is 2. The quantitative estimate of drug-likeness (QED) is 0.901. The van der Waals surface area contributed by atoms with E-state index < -0.39 is 23.8 Å². The smallest absolute Gasteiger partial charge is 0.368 e. The summed E-state index contributed by atoms with van der Waals surface area (Å²) in [7, 11) is 0. The third-order valence-electron chi connectivity index (χ3n) is 3.02. The normalized spacial score (nSPS) is 19.7. The van der Waals surface area contributed by atoms with Crippen LogP contribution in [0.5, 0.6) is 0 Å². The number of hydrogen-bond donors (Lipinski definition) is 1. The summed E-state index contributed by atoms with van der Waals surface area (Å²) in [6.45, 7) is 0.449. The third kappa shape index (κ3) is 3.64. The Morgan fingerprint density at radius 2 is 2.10 bits per heavy atom. The molecule has 0 radical (unpaired) electrons. The molecule has 1 unspecified atom stereocenters. The van der Waals surface area contributed by atoms with Crippen molar-refractivity contribution in [3.63, 3.8) is 0 Å². The van der Waals surface area contributed by atoms with E-state index in [0.717, 1.165) is 25.0 Å². The van der Waals surface area contributed by atoms with Gasteiger partial charge in [-0.05, 0) is 37.5 Å². The SMILES string of the molecule is O=C(Nc1ccc(Cl)cc1C(F)(F)F)C1CCCCO1. The molecule has 0 aromatic heterocycles. The maximum absolute atomic E-state index is 12.9. The summed E-state index contributed by atoms with van der Waals surface area (Å²) in [5, 5.41) is 2.23. The van der Waals surface area contributed by atoms with Crippen molar-refractivity contribution in [3.05, 3.63) is 28.8 Å². The van der Waals surface area contributed by atoms with Crippen LogP contribution in [0.3, 0.4) is 0 Å². The molecule has 7 heteroatoms. The van der Waals surface area contributed by atoms with Crippen molar-refractivity contribution >= 4 is 23.2 Å². The molecule has 1 atom stereocenters. The Kier molecular flexibility index (Phi) is 4.55. The van der Waals surface area contributed by atoms with Crippen LogP contribution in [0.4, 0.5) is 18.9 Å². The number of halogens is 4. The molecule has 1 saturated heterocycles. The van der Waals surface area contributed by atoms with E-state index in [2.05, 4.69) is 5.32 Å². The van der Waals surface area contributed by atoms with E-state index in [1.165, 1.54) is 6.07 Å². The van der Waals surface area contributed by atoms with Crippen LogP contribution in [0.15, 0.2) is 18.2 Å². The minimum Gasteiger partial charge on any atom is -0.368 e. The van der Waals surface area contributed by atoms with Crippen molar-refractivity contribution in [3.8, 4) is 0 Å². The number of benzene rings is 1. The summed E-state index contributed by atoms with van der Waals surface area (Å²) in [4.78, 5) is 11.9. The Morgan fingerprint density at radius 3 is 2.70 bits per heavy atom. The molecule has 1 aliphatic rings. The molecular formula is C13H13ClF3NO2. The van der Waals surface area contributed by atoms with Gasteiger partial charge < -0.3 is 10.1 Å². The number of anilines is 1. The van der Waals surface area contributed by atoms with Gasteiger partial charge in [-0.25, -0.2) is 0 Å². The van der Waals surface area contributed by atoms with Crippen molar-refractivity contribution in [2.45, 2.75) is 31.5 Å². The fourth-order valence-electron chi connectivity index (χ4n) is 2.02. The van der Waals surface area contributed by atoms with Gasteiger partial charge in [0, 0.05) is 11.6 Å². The first kappa shape index (κ1) is 15.1. The van der Waals surface area contributed by atoms with E-state index in [9.17, 15) is 18.0 Å². The van der Waals surface area contributed by atoms with Gasteiger partial charge in [0.2, 0.25) is 0 Å². The molecule has 1 heterocycles. The second-order valence-corrected chi connectivity index (χ2v) is 4.97. The lowest BCUT2D eigenvalue weighted by Gasteiger charge is -2.22. The highest BCUT2D eigenvalue weighted by Gasteiger charge is 2.35. The minimum atomic E-state index is -4.58. The average molecular weight is 308 g/mol. The Labute approximate surface area is 119 Å². The summed E-state index contributed by atoms with van der Waals surface area (Å²) >= 11 is 5.57. The van der Waals surface area contributed by atoms with Gasteiger partial charge >= 0.3 is 6.18 Å². The van der Waals surface area contributed by atoms with Crippen LogP contribution in [-0.4, -0.2) is 18.6 Å². The summed E-state index contributed by atoms with van der Waals surface area (Å²) in [5.41, 5.74) is -1.27. The molecule has 110 valence electrons. The monoisotopic (exact) mass is 307 g/mol. The largest absolute Gasteiger partial charge is 0.418 e. The van der Waals surface area contributed by atoms with Gasteiger partial charge in [0.15, 0.2) is 0 Å². The van der Waals surface area contributed by atoms with Crippen LogP contribution >= 0.6 is 11.6 Å². The van der Waals surface area contributed by atoms with Crippen molar-refractivity contribution < 1.29 is 22.7 Å². The van der Waals surface area contributed by atoms with Crippen LogP contribution in [0, 0.1) is 0 Å². The maximum atomic E-state index is 12.9. The van der Waals surface area contributed by atoms with Crippen molar-refractivity contribution in [1.29, 1.82) is 0 Å². The van der Waals surface area contributed by atoms with E-state index in [4.69, 9.17) is 16.3 Å². The Bertz CT molecular complexity index is 499. The van der Waals surface area contributed by atoms with Crippen LogP contribution in [0.2, 0.25) is 5.02 Å². The Morgan fingerprint density at radius 1 is 1.35 bits per heavy atom. The fourth-order valence-corrected chi connectivity index (χ4v) is 2.19. The van der Waals surface area contributed by atoms with Gasteiger partial charge in [-0.3, -0.25) is 4.79 Å². The van der Waals surface area contributed by atoms with Gasteiger partial charge in [0.25, 0.3) is 5.91 Å². The zero-order valence-corrected chi connectivity index (χ0v) is 11.2. The molecule has 3 nitrogen and oxygen atoms in total. The average Bonchev–Trinajstić information content (AvgIpc) is 2.40. The molecule has 1 aromatic carbocycles. The highest BCUT2D eigenvalue weighted by atomic mass is 35.5. The van der Waals surface area contributed by atoms with Crippen molar-refractivity contribution in [2.24, 2.45) is 0 Å². The minimum absolute atomic E-state index is 0.0377. The molecule has 1 aromatic rings. The number of ether oxygens (including phenoxy) is 1. The molecule has 1 aliphatic heterocycles. The first-order valence-corrected chi connectivity index (χ1v) is 6.55. The predicted octanol–water partition coefficient (Wildman–Crippen LogP) is 3.87. The molecule has 0 bridgehead atoms. The summed E-state index contributed by atoms with van der Waals surface area (Å²) in [6.07, 6.45) is -3.08. The Hall–Kier alpha value is -1.27. The first-order valence-electron chi connectivity index (χ1n) is 6.17. The zero-order valence-electron chi connectivity index (χ0n) is 10.5. The van der Waals surface area contributed by atoms with Gasteiger partial charge in [-0.2, -0.15) is 13.2 Å². The molecule has 2 rings (SSSR count). The number of carbonyl (C=O) groups excluding carboxylic acids is 1. The van der Waals surface area contributed by atoms with E-state index in [0.29, 0.717) is 13.0 Å². The molecule has 0 spiro atoms. The zero-order chi connectivity index (χ0) is 14.8. The van der Waals surface area contributed by atoms with E-state index in [-0.39, 0.29) is 10.7 Å². The molecule has 20 heavy (non-hydrogen) atoms. The van der Waals surface area contributed by atoms with Crippen molar-refractivity contribution in [1.82, 2.24) is 0 Å². The van der Waals surface area contributed by atoms with Crippen molar-refractivity contribution in [2.75, 3.05) is 11.9 Å². The lowest BCUT2D eigenvalue weighted by Crippen LogP contribution is -2.33. The van der Waals surface area contributed by atoms with Crippen LogP contribution in [-0.2, 0) is 15.7 Å². The molecule has 1 fully saturated rings. The van der Waals surface area contributed by atoms with Gasteiger partial charge in [-0.1, -0.05) is 11.6 Å². The number of amides is 1. The standard InChI is InChI=1S/C13H13ClF3NO2/c14-8-4-5-10(9(7-8)13(15,16)17)18-12(19)11-3-1-2-6-20-11/h4-5,7,11H,1-3,6H2,(H,18,19). The lowest BCUT2D eigenvalue weighted by atomic mass is 10.1. The number of alkyl halides is 3. The van der Waals surface area contributed by atoms with Crippen LogP contribution < -0.4 is 5.32 Å². The van der Waals surface area contributed by atoms with Crippen LogP contribution in [0.25, 0.3) is 0 Å². The van der Waals surface area contributed by atoms with Gasteiger partial charge in [0.1, 0.15) is 6.10 Å². The molecule has 1 N–H and O–H groups in total. The summed E-state index contributed by atoms with van der Waals surface area (Å²) < 4.78 is 43.9. The highest BCUT2D eigenvalue weighted by molar-refractivity contribution is 6.30. The Balaban J connectivity index is 2.18. The number of carbonyl (C=O) groups is 1. The molecule has 1 amide bonds. The van der Waals surface area contributed by atoms with E-state index in [1.807, 2.05) is 0 Å². The maximum Gasteiger partial charge on any atom is 0.418 e. The lowest BCUT2D eigenvalue weighted by molar-refractivity contribution is -0.137. The number of hydrogen-bond acceptors (Lipinski definition) is 2. The summed E-state index contributed by atoms with van der Waals surface area (Å²) in [6, 6.07) is 3.24. The fraction of sp³-hybridized carbons (Fsp3) is 0.462. The molecule has 0 saturated carbocycles. The van der Waals surface area contributed by atoms with E-state index >= 15 is 0 Å². The second kappa shape index (κ2) is 6.01. The first-order chi connectivity index (χ1) is 9.38. The van der Waals surface area contributed by atoms with Crippen LogP contribution in [0.1, 0.15) is 24.8 Å². The van der Waals surface area contributed by atoms with E-state index in [1.54, 1.807) is 0 Å². The second-order valence-electron chi connectivity index (χ2n) is 4.53. The molecular weight excluding hydrogens is 295 g/mol. The van der Waals surface area contributed by atoms with Gasteiger partial charge in [0.05, 0.1) is 11.3 Å². The topological polar surface area (TPSA) is 38.3 Å².